The van der Waals surface area contributed by atoms with Gasteiger partial charge in [-0.05, 0) is 112 Å². The molecule has 25 nitrogen and oxygen atoms in total. The molecule has 3 aliphatic carbocycles. The molecule has 0 unspecified atom stereocenters. The van der Waals surface area contributed by atoms with Crippen LogP contribution in [-0.2, 0) is 60.3 Å². The van der Waals surface area contributed by atoms with Crippen LogP contribution < -0.4 is 27.8 Å². The minimum atomic E-state index is -4.16. The third kappa shape index (κ3) is 18.7. The van der Waals surface area contributed by atoms with Crippen molar-refractivity contribution in [2.24, 2.45) is 17.8 Å². The van der Waals surface area contributed by atoms with E-state index in [-0.39, 0.29) is 30.1 Å². The van der Waals surface area contributed by atoms with Gasteiger partial charge in [0.2, 0.25) is 7.44 Å². The van der Waals surface area contributed by atoms with Crippen LogP contribution in [0.2, 0.25) is 0 Å². The summed E-state index contributed by atoms with van der Waals surface area (Å²) in [6, 6.07) is 0. The maximum Gasteiger partial charge on any atom is 0.350 e. The van der Waals surface area contributed by atoms with Crippen LogP contribution in [0.3, 0.4) is 0 Å². The van der Waals surface area contributed by atoms with Crippen LogP contribution >= 0.6 is 26.6 Å². The van der Waals surface area contributed by atoms with Crippen LogP contribution in [0, 0.1) is 17.8 Å². The summed E-state index contributed by atoms with van der Waals surface area (Å²) in [4.78, 5) is 78.2. The van der Waals surface area contributed by atoms with Gasteiger partial charge in [-0.25, -0.2) is 40.1 Å². The van der Waals surface area contributed by atoms with E-state index >= 15 is 0 Å². The predicted octanol–water partition coefficient (Wildman–Crippen LogP) is 5.85. The topological polar surface area (TPSA) is 370 Å². The lowest BCUT2D eigenvalue weighted by molar-refractivity contribution is -0.152. The monoisotopic (exact) mass is 1090 g/mol. The Balaban J connectivity index is 0.000000295. The predicted molar refractivity (Wildman–Crippen MR) is 274 cm³/mol. The smallest absolute Gasteiger partial charge is 0.350 e. The standard InChI is InChI=1S/C27H44N7O6P.C9H15ClO2.C9H14N5O4P.H3N/c1-18(12-34-16-31-21-22(28)29-15-30-23(21)34)40-17-41(37,32-26(2,3)24(35)38-13-19-8-6-9-19)33-27(4,5)25(36)39-14-20-10-7-11-20;1-9(2,10)8(11)12-6-7-4-3-5-7;1-6(18-5-19(15,16)17)2-14-4-13-7-8(10)11-3-12-9(7)14;/h15-16,18-20H,6-14,17H2,1-5H3,(H2,28,29,30)(H2,32,33,37);7H,3-6H2,1-2H3;3-4,6H,2,5H2,1H3,(H2,10,11,12)(H2,15,16,17);1H3/t18-;;6-;/m1.1./s1. The van der Waals surface area contributed by atoms with Crippen LogP contribution in [0.1, 0.15) is 113 Å². The number of nitrogen functional groups attached to an aromatic ring is 2. The number of imidazole rings is 2. The van der Waals surface area contributed by atoms with Crippen molar-refractivity contribution in [2.75, 3.05) is 44.0 Å². The first-order chi connectivity index (χ1) is 33.6. The van der Waals surface area contributed by atoms with Gasteiger partial charge in [0, 0.05) is 0 Å². The molecule has 4 aromatic heterocycles. The summed E-state index contributed by atoms with van der Waals surface area (Å²) >= 11 is 5.75. The molecule has 4 heterocycles. The van der Waals surface area contributed by atoms with Crippen LogP contribution in [0.5, 0.6) is 0 Å². The summed E-state index contributed by atoms with van der Waals surface area (Å²) in [7, 11) is -7.90. The average Bonchev–Trinajstić information content (AvgIpc) is 3.85. The molecule has 410 valence electrons. The fraction of sp³-hybridized carbons (Fsp3) is 0.711. The zero-order valence-electron chi connectivity index (χ0n) is 43.2. The molecule has 4 aromatic rings. The number of alkyl halides is 1. The van der Waals surface area contributed by atoms with Crippen molar-refractivity contribution < 1.29 is 57.0 Å². The molecule has 3 saturated carbocycles. The number of esters is 3. The molecular formula is C45H76ClN13O12P2. The van der Waals surface area contributed by atoms with Crippen LogP contribution in [-0.4, -0.2) is 127 Å². The molecule has 28 heteroatoms. The highest BCUT2D eigenvalue weighted by Gasteiger charge is 2.44. The molecule has 0 amide bonds. The zero-order valence-corrected chi connectivity index (χ0v) is 45.7. The lowest BCUT2D eigenvalue weighted by Gasteiger charge is -2.36. The van der Waals surface area contributed by atoms with E-state index in [1.807, 2.05) is 6.92 Å². The first-order valence-electron chi connectivity index (χ1n) is 24.1. The van der Waals surface area contributed by atoms with Crippen molar-refractivity contribution in [3.05, 3.63) is 25.3 Å². The van der Waals surface area contributed by atoms with Gasteiger partial charge in [0.1, 0.15) is 52.3 Å². The number of halogens is 1. The number of carbonyl (C=O) groups is 3. The number of nitrogens with two attached hydrogens (primary N) is 2. The molecule has 0 radical (unpaired) electrons. The Labute approximate surface area is 430 Å². The molecule has 3 fully saturated rings. The van der Waals surface area contributed by atoms with E-state index in [1.54, 1.807) is 63.9 Å². The Kier molecular flexibility index (Phi) is 22.1. The molecule has 3 aliphatic rings. The number of hydrogen-bond donors (Lipinski definition) is 7. The third-order valence-corrected chi connectivity index (χ3v) is 15.3. The minimum absolute atomic E-state index is 0. The van der Waals surface area contributed by atoms with Crippen molar-refractivity contribution in [1.29, 1.82) is 0 Å². The molecule has 0 spiro atoms. The van der Waals surface area contributed by atoms with E-state index in [4.69, 9.17) is 56.5 Å². The van der Waals surface area contributed by atoms with Crippen LogP contribution in [0.4, 0.5) is 11.6 Å². The van der Waals surface area contributed by atoms with Gasteiger partial charge in [-0.15, -0.1) is 11.6 Å². The Morgan fingerprint density at radius 2 is 1.01 bits per heavy atom. The van der Waals surface area contributed by atoms with Crippen molar-refractivity contribution in [3.8, 4) is 0 Å². The minimum Gasteiger partial charge on any atom is -0.464 e. The maximum atomic E-state index is 14.4. The molecular weight excluding hydrogens is 1010 g/mol. The molecule has 11 N–H and O–H groups in total. The average molecular weight is 1090 g/mol. The van der Waals surface area contributed by atoms with Gasteiger partial charge in [-0.1, -0.05) is 19.3 Å². The lowest BCUT2D eigenvalue weighted by atomic mass is 9.86. The van der Waals surface area contributed by atoms with E-state index in [0.717, 1.165) is 38.5 Å². The highest BCUT2D eigenvalue weighted by molar-refractivity contribution is 7.59. The summed E-state index contributed by atoms with van der Waals surface area (Å²) in [6.07, 6.45) is 14.1. The number of rotatable bonds is 23. The van der Waals surface area contributed by atoms with Crippen LogP contribution in [0.25, 0.3) is 22.3 Å². The second-order valence-electron chi connectivity index (χ2n) is 20.4. The van der Waals surface area contributed by atoms with Gasteiger partial charge in [-0.2, -0.15) is 0 Å². The van der Waals surface area contributed by atoms with Gasteiger partial charge < -0.3 is 60.2 Å². The number of anilines is 2. The second kappa shape index (κ2) is 26.4. The number of hydrogen-bond acceptors (Lipinski definition) is 19. The largest absolute Gasteiger partial charge is 0.464 e. The molecule has 0 bridgehead atoms. The van der Waals surface area contributed by atoms with Gasteiger partial charge in [0.15, 0.2) is 22.9 Å². The van der Waals surface area contributed by atoms with Crippen molar-refractivity contribution in [2.45, 2.75) is 154 Å². The number of fused-ring (bicyclic) bond motifs is 2. The maximum absolute atomic E-state index is 14.4. The quantitative estimate of drug-likeness (QED) is 0.0198. The molecule has 73 heavy (non-hydrogen) atoms. The second-order valence-corrected chi connectivity index (χ2v) is 25.1. The van der Waals surface area contributed by atoms with E-state index in [1.165, 1.54) is 38.2 Å². The number of aromatic nitrogens is 8. The number of nitrogens with zero attached hydrogens (tertiary/aromatic N) is 8. The Morgan fingerprint density at radius 3 is 1.34 bits per heavy atom. The third-order valence-electron chi connectivity index (χ3n) is 12.3. The Morgan fingerprint density at radius 1 is 0.658 bits per heavy atom. The van der Waals surface area contributed by atoms with Crippen molar-refractivity contribution >= 4 is 78.5 Å². The summed E-state index contributed by atoms with van der Waals surface area (Å²) in [5.74, 6) is 0.537. The van der Waals surface area contributed by atoms with Gasteiger partial charge in [0.05, 0.1) is 57.8 Å². The van der Waals surface area contributed by atoms with Gasteiger partial charge >= 0.3 is 25.5 Å². The first kappa shape index (κ1) is 61.1. The highest BCUT2D eigenvalue weighted by Crippen LogP contribution is 2.43. The summed E-state index contributed by atoms with van der Waals surface area (Å²) in [6.45, 7) is 15.2. The fourth-order valence-corrected chi connectivity index (χ4v) is 10.5. The van der Waals surface area contributed by atoms with E-state index in [9.17, 15) is 23.5 Å². The summed E-state index contributed by atoms with van der Waals surface area (Å²) in [5, 5.41) is 5.92. The molecule has 2 atom stereocenters. The van der Waals surface area contributed by atoms with E-state index in [0.29, 0.717) is 73.0 Å². The van der Waals surface area contributed by atoms with Gasteiger partial charge in [-0.3, -0.25) is 23.5 Å². The highest BCUT2D eigenvalue weighted by atomic mass is 35.5. The van der Waals surface area contributed by atoms with E-state index < -0.39 is 61.5 Å². The zero-order chi connectivity index (χ0) is 53.1. The number of nitrogens with one attached hydrogen (secondary N) is 2. The molecule has 0 saturated heterocycles. The Hall–Kier alpha value is -4.42. The number of ether oxygens (including phenoxy) is 5. The Bertz CT molecular complexity index is 2490. The first-order valence-corrected chi connectivity index (χ1v) is 28.2. The van der Waals surface area contributed by atoms with Crippen LogP contribution in [0.15, 0.2) is 25.3 Å². The fourth-order valence-electron chi connectivity index (χ4n) is 7.36. The lowest BCUT2D eigenvalue weighted by Crippen LogP contribution is -2.54. The van der Waals surface area contributed by atoms with E-state index in [2.05, 4.69) is 40.1 Å². The molecule has 0 aromatic carbocycles. The van der Waals surface area contributed by atoms with Crippen molar-refractivity contribution in [3.63, 3.8) is 0 Å². The van der Waals surface area contributed by atoms with Gasteiger partial charge in [0.25, 0.3) is 0 Å². The van der Waals surface area contributed by atoms with Crippen molar-refractivity contribution in [1.82, 2.24) is 55.4 Å². The SMILES string of the molecule is CC(C)(Cl)C(=O)OCC1CCC1.C[C@H](Cn1cnc2c(N)ncnc21)OCP(=O)(NC(C)(C)C(=O)OCC1CCC1)NC(C)(C)C(=O)OCC1CCC1.C[C@H](Cn1cnc2c(N)ncnc21)OCP(=O)(O)O.N. The molecule has 0 aliphatic heterocycles. The summed E-state index contributed by atoms with van der Waals surface area (Å²) in [5.41, 5.74) is 11.0. The normalized spacial score (nSPS) is 16.5. The summed E-state index contributed by atoms with van der Waals surface area (Å²) < 4.78 is 55.8. The number of carbonyl (C=O) groups excluding carboxylic acids is 3. The molecule has 7 rings (SSSR count).